The molecule has 0 spiro atoms. The molecular weight excluding hydrogens is 274 g/mol. The van der Waals surface area contributed by atoms with E-state index in [1.54, 1.807) is 6.07 Å². The van der Waals surface area contributed by atoms with Gasteiger partial charge in [0.05, 0.1) is 12.1 Å². The van der Waals surface area contributed by atoms with E-state index in [1.165, 1.54) is 6.33 Å². The molecule has 1 N–H and O–H groups in total. The third-order valence-electron chi connectivity index (χ3n) is 2.68. The van der Waals surface area contributed by atoms with Crippen molar-refractivity contribution in [2.75, 3.05) is 11.2 Å². The average molecular weight is 292 g/mol. The molecule has 20 heavy (non-hydrogen) atoms. The van der Waals surface area contributed by atoms with Gasteiger partial charge in [-0.2, -0.15) is 0 Å². The summed E-state index contributed by atoms with van der Waals surface area (Å²) in [4.78, 5) is 8.28. The molecule has 0 aliphatic carbocycles. The molecule has 0 saturated carbocycles. The Morgan fingerprint density at radius 3 is 2.60 bits per heavy atom. The molecule has 5 heteroatoms. The van der Waals surface area contributed by atoms with Gasteiger partial charge in [0.15, 0.2) is 0 Å². The fourth-order valence-corrected chi connectivity index (χ4v) is 2.05. The number of anilines is 1. The van der Waals surface area contributed by atoms with Gasteiger partial charge in [-0.3, -0.25) is 0 Å². The van der Waals surface area contributed by atoms with Crippen LogP contribution in [0.1, 0.15) is 25.5 Å². The Bertz CT molecular complexity index is 534. The summed E-state index contributed by atoms with van der Waals surface area (Å²) in [5.41, 5.74) is 1.12. The number of halogens is 1. The standard InChI is InChI=1S/C15H18ClN3O/c1-11(2)20-15-8-14(17-10-18-15)19-13(9-16)12-6-4-3-5-7-12/h3-8,10-11,13H,9H2,1-2H3,(H,17,18,19). The van der Waals surface area contributed by atoms with Gasteiger partial charge in [-0.05, 0) is 19.4 Å². The van der Waals surface area contributed by atoms with Crippen molar-refractivity contribution in [3.8, 4) is 5.88 Å². The Kier molecular flexibility index (Phi) is 5.18. The molecule has 1 aromatic carbocycles. The number of aromatic nitrogens is 2. The fourth-order valence-electron chi connectivity index (χ4n) is 1.80. The second kappa shape index (κ2) is 7.10. The Balaban J connectivity index is 2.12. The first-order valence-corrected chi connectivity index (χ1v) is 7.08. The van der Waals surface area contributed by atoms with Gasteiger partial charge in [-0.1, -0.05) is 30.3 Å². The molecule has 0 aliphatic rings. The number of alkyl halides is 1. The van der Waals surface area contributed by atoms with E-state index in [0.29, 0.717) is 17.6 Å². The lowest BCUT2D eigenvalue weighted by Crippen LogP contribution is -2.14. The van der Waals surface area contributed by atoms with Crippen molar-refractivity contribution in [1.29, 1.82) is 0 Å². The zero-order chi connectivity index (χ0) is 14.4. The van der Waals surface area contributed by atoms with Crippen molar-refractivity contribution in [2.45, 2.75) is 26.0 Å². The number of nitrogens with zero attached hydrogens (tertiary/aromatic N) is 2. The van der Waals surface area contributed by atoms with Gasteiger partial charge in [-0.25, -0.2) is 9.97 Å². The number of benzene rings is 1. The minimum Gasteiger partial charge on any atom is -0.475 e. The molecule has 0 fully saturated rings. The Morgan fingerprint density at radius 2 is 1.95 bits per heavy atom. The van der Waals surface area contributed by atoms with Gasteiger partial charge in [0.2, 0.25) is 5.88 Å². The van der Waals surface area contributed by atoms with E-state index in [-0.39, 0.29) is 12.1 Å². The molecular formula is C15H18ClN3O. The monoisotopic (exact) mass is 291 g/mol. The summed E-state index contributed by atoms with van der Waals surface area (Å²) in [6.07, 6.45) is 1.56. The normalized spacial score (nSPS) is 12.2. The van der Waals surface area contributed by atoms with Crippen LogP contribution in [-0.4, -0.2) is 22.0 Å². The smallest absolute Gasteiger partial charge is 0.218 e. The molecule has 2 rings (SSSR count). The summed E-state index contributed by atoms with van der Waals surface area (Å²) >= 11 is 6.04. The number of rotatable bonds is 6. The highest BCUT2D eigenvalue weighted by Gasteiger charge is 2.11. The maximum atomic E-state index is 6.04. The molecule has 0 aliphatic heterocycles. The molecule has 0 amide bonds. The van der Waals surface area contributed by atoms with Crippen LogP contribution < -0.4 is 10.1 Å². The Morgan fingerprint density at radius 1 is 1.20 bits per heavy atom. The molecule has 4 nitrogen and oxygen atoms in total. The lowest BCUT2D eigenvalue weighted by atomic mass is 10.1. The second-order valence-electron chi connectivity index (χ2n) is 4.67. The first kappa shape index (κ1) is 14.6. The summed E-state index contributed by atoms with van der Waals surface area (Å²) in [5, 5.41) is 3.30. The highest BCUT2D eigenvalue weighted by molar-refractivity contribution is 6.18. The zero-order valence-corrected chi connectivity index (χ0v) is 12.3. The van der Waals surface area contributed by atoms with Gasteiger partial charge >= 0.3 is 0 Å². The van der Waals surface area contributed by atoms with Gasteiger partial charge in [0.1, 0.15) is 12.1 Å². The summed E-state index contributed by atoms with van der Waals surface area (Å²) in [6.45, 7) is 3.92. The number of hydrogen-bond donors (Lipinski definition) is 1. The lowest BCUT2D eigenvalue weighted by Gasteiger charge is -2.17. The van der Waals surface area contributed by atoms with E-state index in [1.807, 2.05) is 44.2 Å². The van der Waals surface area contributed by atoms with E-state index >= 15 is 0 Å². The Hall–Kier alpha value is -1.81. The van der Waals surface area contributed by atoms with Gasteiger partial charge in [-0.15, -0.1) is 11.6 Å². The van der Waals surface area contributed by atoms with Crippen molar-refractivity contribution in [3.05, 3.63) is 48.3 Å². The topological polar surface area (TPSA) is 47.0 Å². The van der Waals surface area contributed by atoms with Crippen LogP contribution in [0.4, 0.5) is 5.82 Å². The van der Waals surface area contributed by atoms with E-state index in [4.69, 9.17) is 16.3 Å². The number of hydrogen-bond acceptors (Lipinski definition) is 4. The molecule has 1 heterocycles. The van der Waals surface area contributed by atoms with E-state index in [9.17, 15) is 0 Å². The van der Waals surface area contributed by atoms with Crippen molar-refractivity contribution in [3.63, 3.8) is 0 Å². The molecule has 1 aromatic heterocycles. The average Bonchev–Trinajstić information content (AvgIpc) is 2.45. The first-order valence-electron chi connectivity index (χ1n) is 6.55. The molecule has 106 valence electrons. The van der Waals surface area contributed by atoms with Crippen LogP contribution >= 0.6 is 11.6 Å². The summed E-state index contributed by atoms with van der Waals surface area (Å²) in [5.74, 6) is 1.71. The first-order chi connectivity index (χ1) is 9.69. The van der Waals surface area contributed by atoms with Crippen LogP contribution in [0.3, 0.4) is 0 Å². The lowest BCUT2D eigenvalue weighted by molar-refractivity contribution is 0.232. The van der Waals surface area contributed by atoms with Gasteiger partial charge in [0, 0.05) is 11.9 Å². The predicted molar refractivity (Wildman–Crippen MR) is 81.3 cm³/mol. The highest BCUT2D eigenvalue weighted by atomic mass is 35.5. The molecule has 1 atom stereocenters. The van der Waals surface area contributed by atoms with E-state index in [0.717, 1.165) is 5.56 Å². The number of nitrogens with one attached hydrogen (secondary N) is 1. The van der Waals surface area contributed by atoms with Gasteiger partial charge in [0.25, 0.3) is 0 Å². The highest BCUT2D eigenvalue weighted by Crippen LogP contribution is 2.21. The molecule has 0 radical (unpaired) electrons. The summed E-state index contributed by atoms with van der Waals surface area (Å²) < 4.78 is 5.55. The van der Waals surface area contributed by atoms with E-state index in [2.05, 4.69) is 15.3 Å². The second-order valence-corrected chi connectivity index (χ2v) is 4.98. The fraction of sp³-hybridized carbons (Fsp3) is 0.333. The maximum absolute atomic E-state index is 6.04. The van der Waals surface area contributed by atoms with Crippen molar-refractivity contribution < 1.29 is 4.74 Å². The van der Waals surface area contributed by atoms with Gasteiger partial charge < -0.3 is 10.1 Å². The van der Waals surface area contributed by atoms with Crippen LogP contribution in [0.25, 0.3) is 0 Å². The van der Waals surface area contributed by atoms with Crippen LogP contribution in [0.15, 0.2) is 42.7 Å². The molecule has 0 saturated heterocycles. The van der Waals surface area contributed by atoms with E-state index < -0.39 is 0 Å². The maximum Gasteiger partial charge on any atom is 0.218 e. The summed E-state index contributed by atoms with van der Waals surface area (Å²) in [7, 11) is 0. The van der Waals surface area contributed by atoms with Crippen LogP contribution in [0.2, 0.25) is 0 Å². The summed E-state index contributed by atoms with van der Waals surface area (Å²) in [6, 6.07) is 11.8. The third-order valence-corrected chi connectivity index (χ3v) is 2.99. The molecule has 2 aromatic rings. The van der Waals surface area contributed by atoms with Crippen molar-refractivity contribution >= 4 is 17.4 Å². The SMILES string of the molecule is CC(C)Oc1cc(NC(CCl)c2ccccc2)ncn1. The Labute approximate surface area is 124 Å². The zero-order valence-electron chi connectivity index (χ0n) is 11.6. The molecule has 1 unspecified atom stereocenters. The minimum absolute atomic E-state index is 0.000309. The molecule has 0 bridgehead atoms. The van der Waals surface area contributed by atoms with Crippen molar-refractivity contribution in [1.82, 2.24) is 9.97 Å². The van der Waals surface area contributed by atoms with Crippen LogP contribution in [0, 0.1) is 0 Å². The van der Waals surface area contributed by atoms with Crippen molar-refractivity contribution in [2.24, 2.45) is 0 Å². The minimum atomic E-state index is -0.000309. The third kappa shape index (κ3) is 4.10. The predicted octanol–water partition coefficient (Wildman–Crippen LogP) is 3.66. The van der Waals surface area contributed by atoms with Crippen LogP contribution in [-0.2, 0) is 0 Å². The van der Waals surface area contributed by atoms with Crippen LogP contribution in [0.5, 0.6) is 5.88 Å². The largest absolute Gasteiger partial charge is 0.475 e. The number of ether oxygens (including phenoxy) is 1. The quantitative estimate of drug-likeness (QED) is 0.825.